The molecule has 2 aliphatic rings. The van der Waals surface area contributed by atoms with Gasteiger partial charge in [-0.05, 0) is 46.2 Å². The maximum atomic E-state index is 5.31. The highest BCUT2D eigenvalue weighted by Gasteiger charge is 2.35. The van der Waals surface area contributed by atoms with Gasteiger partial charge in [-0.2, -0.15) is 0 Å². The lowest BCUT2D eigenvalue weighted by Gasteiger charge is -2.40. The van der Waals surface area contributed by atoms with E-state index in [9.17, 15) is 0 Å². The van der Waals surface area contributed by atoms with Crippen LogP contribution < -0.4 is 5.32 Å². The largest absolute Gasteiger partial charge is 0.361 e. The molecule has 1 saturated heterocycles. The van der Waals surface area contributed by atoms with Crippen molar-refractivity contribution in [3.63, 3.8) is 0 Å². The number of hydrogen-bond donors (Lipinski definition) is 1. The summed E-state index contributed by atoms with van der Waals surface area (Å²) in [6, 6.07) is 0. The Kier molecular flexibility index (Phi) is 4.13. The van der Waals surface area contributed by atoms with Gasteiger partial charge in [0.25, 0.3) is 0 Å². The van der Waals surface area contributed by atoms with Crippen molar-refractivity contribution >= 4 is 0 Å². The van der Waals surface area contributed by atoms with Crippen LogP contribution in [-0.4, -0.2) is 35.2 Å². The van der Waals surface area contributed by atoms with E-state index in [1.807, 2.05) is 6.92 Å². The van der Waals surface area contributed by atoms with Crippen molar-refractivity contribution in [1.82, 2.24) is 15.4 Å². The minimum atomic E-state index is 0.369. The third-order valence-electron chi connectivity index (χ3n) is 5.05. The number of aryl methyl sites for hydroxylation is 2. The molecule has 0 radical (unpaired) electrons. The van der Waals surface area contributed by atoms with Gasteiger partial charge in [-0.1, -0.05) is 24.4 Å². The fourth-order valence-electron chi connectivity index (χ4n) is 3.87. The van der Waals surface area contributed by atoms with E-state index in [4.69, 9.17) is 4.52 Å². The molecule has 1 aliphatic heterocycles. The monoisotopic (exact) mass is 277 g/mol. The van der Waals surface area contributed by atoms with Gasteiger partial charge in [0.05, 0.1) is 5.69 Å². The molecule has 1 N–H and O–H groups in total. The van der Waals surface area contributed by atoms with E-state index in [-0.39, 0.29) is 0 Å². The van der Waals surface area contributed by atoms with Crippen molar-refractivity contribution in [2.75, 3.05) is 19.6 Å². The van der Waals surface area contributed by atoms with E-state index >= 15 is 0 Å². The molecule has 3 rings (SSSR count). The highest BCUT2D eigenvalue weighted by atomic mass is 16.5. The minimum absolute atomic E-state index is 0.369. The van der Waals surface area contributed by atoms with Crippen molar-refractivity contribution in [3.05, 3.63) is 17.0 Å². The zero-order valence-electron chi connectivity index (χ0n) is 12.9. The van der Waals surface area contributed by atoms with E-state index in [1.54, 1.807) is 0 Å². The molecular weight excluding hydrogens is 250 g/mol. The van der Waals surface area contributed by atoms with Crippen LogP contribution in [0.4, 0.5) is 0 Å². The molecule has 0 aromatic carbocycles. The van der Waals surface area contributed by atoms with Crippen molar-refractivity contribution < 1.29 is 4.52 Å². The van der Waals surface area contributed by atoms with Gasteiger partial charge in [0.1, 0.15) is 5.76 Å². The Hall–Kier alpha value is -0.870. The molecule has 1 aromatic rings. The summed E-state index contributed by atoms with van der Waals surface area (Å²) in [5.74, 6) is 0.984. The maximum Gasteiger partial charge on any atom is 0.138 e. The molecule has 1 aromatic heterocycles. The predicted molar refractivity (Wildman–Crippen MR) is 79.7 cm³/mol. The predicted octanol–water partition coefficient (Wildman–Crippen LogP) is 2.79. The molecule has 112 valence electrons. The van der Waals surface area contributed by atoms with Gasteiger partial charge in [-0.25, -0.2) is 0 Å². The van der Waals surface area contributed by atoms with Gasteiger partial charge in [-0.15, -0.1) is 0 Å². The summed E-state index contributed by atoms with van der Waals surface area (Å²) in [7, 11) is 0. The molecule has 1 saturated carbocycles. The van der Waals surface area contributed by atoms with Gasteiger partial charge in [0.15, 0.2) is 0 Å². The molecule has 1 aliphatic carbocycles. The van der Waals surface area contributed by atoms with Crippen LogP contribution in [0.5, 0.6) is 0 Å². The minimum Gasteiger partial charge on any atom is -0.361 e. The lowest BCUT2D eigenvalue weighted by Crippen LogP contribution is -2.52. The molecule has 0 bridgehead atoms. The summed E-state index contributed by atoms with van der Waals surface area (Å²) in [5.41, 5.74) is 2.71. The average Bonchev–Trinajstić information content (AvgIpc) is 2.65. The van der Waals surface area contributed by atoms with Crippen molar-refractivity contribution in [3.8, 4) is 0 Å². The Morgan fingerprint density at radius 3 is 2.70 bits per heavy atom. The summed E-state index contributed by atoms with van der Waals surface area (Å²) in [6.07, 6.45) is 8.09. The fraction of sp³-hybridized carbons (Fsp3) is 0.812. The van der Waals surface area contributed by atoms with Crippen molar-refractivity contribution in [2.45, 2.75) is 64.5 Å². The van der Waals surface area contributed by atoms with Crippen LogP contribution in [0.25, 0.3) is 0 Å². The summed E-state index contributed by atoms with van der Waals surface area (Å²) in [4.78, 5) is 2.61. The molecule has 2 heterocycles. The Morgan fingerprint density at radius 1 is 1.20 bits per heavy atom. The number of aromatic nitrogens is 1. The number of nitrogens with one attached hydrogen (secondary N) is 1. The highest BCUT2D eigenvalue weighted by molar-refractivity contribution is 5.20. The first-order chi connectivity index (χ1) is 9.69. The van der Waals surface area contributed by atoms with Gasteiger partial charge < -0.3 is 9.84 Å². The third-order valence-corrected chi connectivity index (χ3v) is 5.05. The molecular formula is C16H27N3O. The fourth-order valence-corrected chi connectivity index (χ4v) is 3.87. The maximum absolute atomic E-state index is 5.31. The quantitative estimate of drug-likeness (QED) is 0.902. The lowest BCUT2D eigenvalue weighted by molar-refractivity contribution is 0.159. The lowest BCUT2D eigenvalue weighted by atomic mass is 9.81. The molecule has 4 heteroatoms. The van der Waals surface area contributed by atoms with E-state index in [0.29, 0.717) is 5.54 Å². The van der Waals surface area contributed by atoms with E-state index in [2.05, 4.69) is 22.3 Å². The van der Waals surface area contributed by atoms with E-state index < -0.39 is 0 Å². The molecule has 1 spiro atoms. The summed E-state index contributed by atoms with van der Waals surface area (Å²) < 4.78 is 5.31. The molecule has 2 fully saturated rings. The van der Waals surface area contributed by atoms with E-state index in [1.165, 1.54) is 57.2 Å². The first-order valence-electron chi connectivity index (χ1n) is 8.08. The second-order valence-electron chi connectivity index (χ2n) is 6.63. The van der Waals surface area contributed by atoms with Crippen LogP contribution in [0, 0.1) is 13.8 Å². The molecule has 0 unspecified atom stereocenters. The summed E-state index contributed by atoms with van der Waals surface area (Å²) in [5, 5.41) is 7.95. The van der Waals surface area contributed by atoms with Gasteiger partial charge >= 0.3 is 0 Å². The van der Waals surface area contributed by atoms with Crippen molar-refractivity contribution in [1.29, 1.82) is 0 Å². The Balaban J connectivity index is 1.72. The smallest absolute Gasteiger partial charge is 0.138 e. The second-order valence-corrected chi connectivity index (χ2v) is 6.63. The first-order valence-corrected chi connectivity index (χ1v) is 8.08. The topological polar surface area (TPSA) is 41.3 Å². The highest BCUT2D eigenvalue weighted by Crippen LogP contribution is 2.31. The Morgan fingerprint density at radius 2 is 2.00 bits per heavy atom. The number of nitrogens with zero attached hydrogens (tertiary/aromatic N) is 2. The SMILES string of the molecule is Cc1noc(C)c1CN1CCCNC2(CCCCC2)C1. The number of rotatable bonds is 2. The van der Waals surface area contributed by atoms with Crippen LogP contribution >= 0.6 is 0 Å². The van der Waals surface area contributed by atoms with Gasteiger partial charge in [-0.3, -0.25) is 4.90 Å². The Bertz CT molecular complexity index is 429. The van der Waals surface area contributed by atoms with Gasteiger partial charge in [0, 0.05) is 24.2 Å². The summed E-state index contributed by atoms with van der Waals surface area (Å²) >= 11 is 0. The Labute approximate surface area is 121 Å². The van der Waals surface area contributed by atoms with Crippen LogP contribution in [0.1, 0.15) is 55.5 Å². The van der Waals surface area contributed by atoms with Crippen LogP contribution in [0.15, 0.2) is 4.52 Å². The first kappa shape index (κ1) is 14.1. The molecule has 20 heavy (non-hydrogen) atoms. The average molecular weight is 277 g/mol. The second kappa shape index (κ2) is 5.86. The zero-order valence-corrected chi connectivity index (χ0v) is 12.9. The third kappa shape index (κ3) is 2.91. The standard InChI is InChI=1S/C16H27N3O/c1-13-15(14(2)20-18-13)11-19-10-6-9-17-16(12-19)7-4-3-5-8-16/h17H,3-12H2,1-2H3. The molecule has 4 nitrogen and oxygen atoms in total. The molecule has 0 amide bonds. The molecule has 0 atom stereocenters. The van der Waals surface area contributed by atoms with Crippen LogP contribution in [0.2, 0.25) is 0 Å². The normalized spacial score (nSPS) is 23.9. The zero-order chi connectivity index (χ0) is 14.0. The van der Waals surface area contributed by atoms with Crippen molar-refractivity contribution in [2.24, 2.45) is 0 Å². The van der Waals surface area contributed by atoms with E-state index in [0.717, 1.165) is 24.5 Å². The van der Waals surface area contributed by atoms with Crippen LogP contribution in [0.3, 0.4) is 0 Å². The summed E-state index contributed by atoms with van der Waals surface area (Å²) in [6.45, 7) is 8.60. The number of hydrogen-bond acceptors (Lipinski definition) is 4. The van der Waals surface area contributed by atoms with Crippen LogP contribution in [-0.2, 0) is 6.54 Å². The van der Waals surface area contributed by atoms with Gasteiger partial charge in [0.2, 0.25) is 0 Å².